The maximum absolute atomic E-state index is 13.7. The second-order valence-corrected chi connectivity index (χ2v) is 6.73. The fourth-order valence-electron chi connectivity index (χ4n) is 3.16. The Bertz CT molecular complexity index is 1000. The van der Waals surface area contributed by atoms with Gasteiger partial charge in [-0.05, 0) is 49.2 Å². The largest absolute Gasteiger partial charge is 0.372 e. The van der Waals surface area contributed by atoms with Gasteiger partial charge in [-0.3, -0.25) is 4.79 Å². The summed E-state index contributed by atoms with van der Waals surface area (Å²) in [5, 5.41) is 5.48. The van der Waals surface area contributed by atoms with Gasteiger partial charge in [-0.1, -0.05) is 0 Å². The van der Waals surface area contributed by atoms with Gasteiger partial charge < -0.3 is 15.5 Å². The number of carbonyl (C=O) groups excluding carboxylic acids is 1. The van der Waals surface area contributed by atoms with Crippen LogP contribution in [0, 0.1) is 11.6 Å². The van der Waals surface area contributed by atoms with Crippen molar-refractivity contribution in [1.29, 1.82) is 0 Å². The summed E-state index contributed by atoms with van der Waals surface area (Å²) in [4.78, 5) is 22.8. The zero-order valence-electron chi connectivity index (χ0n) is 15.5. The van der Waals surface area contributed by atoms with Crippen LogP contribution in [0.3, 0.4) is 0 Å². The molecule has 2 aromatic carbocycles. The summed E-state index contributed by atoms with van der Waals surface area (Å²) in [5.41, 5.74) is 1.99. The van der Waals surface area contributed by atoms with Crippen molar-refractivity contribution in [3.05, 3.63) is 72.2 Å². The van der Waals surface area contributed by atoms with Crippen LogP contribution in [0.5, 0.6) is 0 Å². The lowest BCUT2D eigenvalue weighted by atomic mass is 10.2. The molecule has 1 aromatic heterocycles. The summed E-state index contributed by atoms with van der Waals surface area (Å²) in [5.74, 6) is -1.57. The van der Waals surface area contributed by atoms with Crippen LogP contribution in [-0.4, -0.2) is 29.0 Å². The van der Waals surface area contributed by atoms with Crippen LogP contribution < -0.4 is 15.5 Å². The van der Waals surface area contributed by atoms with Gasteiger partial charge in [-0.15, -0.1) is 0 Å². The highest BCUT2D eigenvalue weighted by molar-refractivity contribution is 6.02. The average Bonchev–Trinajstić information content (AvgIpc) is 3.26. The molecule has 0 spiro atoms. The number of aromatic nitrogens is 2. The minimum atomic E-state index is -0.744. The van der Waals surface area contributed by atoms with E-state index in [1.807, 2.05) is 24.3 Å². The third kappa shape index (κ3) is 4.48. The molecule has 0 aliphatic carbocycles. The summed E-state index contributed by atoms with van der Waals surface area (Å²) in [6.07, 6.45) is 5.01. The van der Waals surface area contributed by atoms with Crippen LogP contribution in [0.4, 0.5) is 31.7 Å². The molecule has 6 nitrogen and oxygen atoms in total. The molecule has 1 aliphatic heterocycles. The van der Waals surface area contributed by atoms with Gasteiger partial charge in [0.2, 0.25) is 0 Å². The van der Waals surface area contributed by atoms with Crippen molar-refractivity contribution in [1.82, 2.24) is 9.97 Å². The first-order chi connectivity index (χ1) is 14.1. The van der Waals surface area contributed by atoms with Gasteiger partial charge >= 0.3 is 0 Å². The van der Waals surface area contributed by atoms with Gasteiger partial charge in [-0.25, -0.2) is 18.7 Å². The van der Waals surface area contributed by atoms with Gasteiger partial charge in [-0.2, -0.15) is 0 Å². The SMILES string of the molecule is O=C(Nc1ccc(N2CCCC2)cc1)c1cnc(Nc2ccc(F)cc2F)cn1. The first kappa shape index (κ1) is 18.8. The molecule has 148 valence electrons. The van der Waals surface area contributed by atoms with Crippen LogP contribution in [0.15, 0.2) is 54.9 Å². The van der Waals surface area contributed by atoms with Gasteiger partial charge in [0.1, 0.15) is 23.1 Å². The molecule has 1 amide bonds. The third-order valence-electron chi connectivity index (χ3n) is 4.67. The number of benzene rings is 2. The topological polar surface area (TPSA) is 70.2 Å². The highest BCUT2D eigenvalue weighted by Gasteiger charge is 2.13. The van der Waals surface area contributed by atoms with Crippen molar-refractivity contribution in [2.24, 2.45) is 0 Å². The maximum Gasteiger partial charge on any atom is 0.275 e. The molecule has 0 radical (unpaired) electrons. The molecule has 4 rings (SSSR count). The van der Waals surface area contributed by atoms with Crippen LogP contribution in [-0.2, 0) is 0 Å². The Kier molecular flexibility index (Phi) is 5.33. The van der Waals surface area contributed by atoms with Crippen molar-refractivity contribution in [3.63, 3.8) is 0 Å². The molecule has 3 aromatic rings. The first-order valence-electron chi connectivity index (χ1n) is 9.29. The van der Waals surface area contributed by atoms with E-state index in [4.69, 9.17) is 0 Å². The fraction of sp³-hybridized carbons (Fsp3) is 0.190. The fourth-order valence-corrected chi connectivity index (χ4v) is 3.16. The van der Waals surface area contributed by atoms with E-state index in [0.717, 1.165) is 30.9 Å². The normalized spacial score (nSPS) is 13.4. The monoisotopic (exact) mass is 395 g/mol. The predicted molar refractivity (Wildman–Crippen MR) is 108 cm³/mol. The van der Waals surface area contributed by atoms with Crippen molar-refractivity contribution in [2.45, 2.75) is 12.8 Å². The number of hydrogen-bond acceptors (Lipinski definition) is 5. The van der Waals surface area contributed by atoms with E-state index in [-0.39, 0.29) is 17.2 Å². The van der Waals surface area contributed by atoms with E-state index >= 15 is 0 Å². The van der Waals surface area contributed by atoms with Crippen molar-refractivity contribution >= 4 is 28.8 Å². The van der Waals surface area contributed by atoms with E-state index in [2.05, 4.69) is 25.5 Å². The lowest BCUT2D eigenvalue weighted by Crippen LogP contribution is -2.18. The van der Waals surface area contributed by atoms with Gasteiger partial charge in [0, 0.05) is 30.5 Å². The molecular weight excluding hydrogens is 376 g/mol. The summed E-state index contributed by atoms with van der Waals surface area (Å²) in [6.45, 7) is 2.12. The van der Waals surface area contributed by atoms with Crippen LogP contribution >= 0.6 is 0 Å². The molecule has 0 unspecified atom stereocenters. The zero-order valence-corrected chi connectivity index (χ0v) is 15.5. The van der Waals surface area contributed by atoms with E-state index in [1.165, 1.54) is 31.3 Å². The minimum Gasteiger partial charge on any atom is -0.372 e. The second-order valence-electron chi connectivity index (χ2n) is 6.73. The second kappa shape index (κ2) is 8.22. The van der Waals surface area contributed by atoms with Crippen molar-refractivity contribution in [2.75, 3.05) is 28.6 Å². The molecule has 0 saturated carbocycles. The van der Waals surface area contributed by atoms with Gasteiger partial charge in [0.15, 0.2) is 0 Å². The molecule has 8 heteroatoms. The Morgan fingerprint density at radius 1 is 0.966 bits per heavy atom. The molecule has 1 fully saturated rings. The quantitative estimate of drug-likeness (QED) is 0.672. The standard InChI is InChI=1S/C21H19F2N5O/c22-14-3-8-18(17(23)11-14)27-20-13-24-19(12-25-20)21(29)26-15-4-6-16(7-5-15)28-9-1-2-10-28/h3-8,11-13H,1-2,9-10H2,(H,25,27)(H,26,29). The van der Waals surface area contributed by atoms with E-state index in [9.17, 15) is 13.6 Å². The average molecular weight is 395 g/mol. The van der Waals surface area contributed by atoms with Crippen molar-refractivity contribution in [3.8, 4) is 0 Å². The third-order valence-corrected chi connectivity index (χ3v) is 4.67. The molecular formula is C21H19F2N5O. The molecule has 1 aliphatic rings. The number of nitrogens with one attached hydrogen (secondary N) is 2. The van der Waals surface area contributed by atoms with Crippen LogP contribution in [0.25, 0.3) is 0 Å². The van der Waals surface area contributed by atoms with E-state index in [0.29, 0.717) is 5.69 Å². The van der Waals surface area contributed by atoms with Crippen molar-refractivity contribution < 1.29 is 13.6 Å². The highest BCUT2D eigenvalue weighted by atomic mass is 19.1. The number of hydrogen-bond donors (Lipinski definition) is 2. The summed E-state index contributed by atoms with van der Waals surface area (Å²) in [7, 11) is 0. The molecule has 2 N–H and O–H groups in total. The number of halogens is 2. The number of rotatable bonds is 5. The first-order valence-corrected chi connectivity index (χ1v) is 9.29. The highest BCUT2D eigenvalue weighted by Crippen LogP contribution is 2.22. The summed E-state index contributed by atoms with van der Waals surface area (Å²) >= 11 is 0. The Balaban J connectivity index is 1.38. The molecule has 1 saturated heterocycles. The van der Waals surface area contributed by atoms with E-state index in [1.54, 1.807) is 0 Å². The number of anilines is 4. The smallest absolute Gasteiger partial charge is 0.275 e. The minimum absolute atomic E-state index is 0.0657. The summed E-state index contributed by atoms with van der Waals surface area (Å²) in [6, 6.07) is 10.8. The Labute approximate surface area is 166 Å². The predicted octanol–water partition coefficient (Wildman–Crippen LogP) is 4.35. The van der Waals surface area contributed by atoms with Crippen LogP contribution in [0.2, 0.25) is 0 Å². The lowest BCUT2D eigenvalue weighted by Gasteiger charge is -2.17. The number of carbonyl (C=O) groups is 1. The van der Waals surface area contributed by atoms with Gasteiger partial charge in [0.25, 0.3) is 5.91 Å². The Hall–Kier alpha value is -3.55. The van der Waals surface area contributed by atoms with Crippen LogP contribution in [0.1, 0.15) is 23.3 Å². The summed E-state index contributed by atoms with van der Waals surface area (Å²) < 4.78 is 26.7. The lowest BCUT2D eigenvalue weighted by molar-refractivity contribution is 0.102. The molecule has 0 atom stereocenters. The molecule has 2 heterocycles. The molecule has 0 bridgehead atoms. The zero-order chi connectivity index (χ0) is 20.2. The number of amides is 1. The number of nitrogens with zero attached hydrogens (tertiary/aromatic N) is 3. The Morgan fingerprint density at radius 2 is 1.72 bits per heavy atom. The maximum atomic E-state index is 13.7. The molecule has 29 heavy (non-hydrogen) atoms. The Morgan fingerprint density at radius 3 is 2.38 bits per heavy atom. The van der Waals surface area contributed by atoms with E-state index < -0.39 is 17.5 Å². The van der Waals surface area contributed by atoms with Gasteiger partial charge in [0.05, 0.1) is 18.1 Å².